The molecule has 0 radical (unpaired) electrons. The first-order valence-corrected chi connectivity index (χ1v) is 7.67. The molecule has 0 saturated heterocycles. The molecule has 1 heteroatoms. The molecule has 0 spiro atoms. The minimum absolute atomic E-state index is 0.172. The van der Waals surface area contributed by atoms with E-state index >= 15 is 0 Å². The Bertz CT molecular complexity index is 558. The molecule has 1 atom stereocenters. The number of aliphatic hydroxyl groups is 1. The smallest absolute Gasteiger partial charge is 0.0502 e. The van der Waals surface area contributed by atoms with Crippen molar-refractivity contribution < 1.29 is 5.11 Å². The molecule has 0 aromatic heterocycles. The molecule has 0 saturated carbocycles. The molecule has 2 rings (SSSR count). The van der Waals surface area contributed by atoms with Gasteiger partial charge in [-0.25, -0.2) is 0 Å². The van der Waals surface area contributed by atoms with Gasteiger partial charge in [-0.05, 0) is 35.4 Å². The van der Waals surface area contributed by atoms with Gasteiger partial charge >= 0.3 is 0 Å². The van der Waals surface area contributed by atoms with Crippen LogP contribution < -0.4 is 0 Å². The predicted octanol–water partition coefficient (Wildman–Crippen LogP) is 4.61. The molecular weight excluding hydrogens is 256 g/mol. The number of benzene rings is 2. The molecule has 1 N–H and O–H groups in total. The van der Waals surface area contributed by atoms with Crippen molar-refractivity contribution in [1.82, 2.24) is 0 Å². The van der Waals surface area contributed by atoms with E-state index < -0.39 is 0 Å². The molecule has 112 valence electrons. The Labute approximate surface area is 128 Å². The predicted molar refractivity (Wildman–Crippen MR) is 89.9 cm³/mol. The molecular formula is C20H26O. The summed E-state index contributed by atoms with van der Waals surface area (Å²) in [5.41, 5.74) is 5.28. The molecule has 1 nitrogen and oxygen atoms in total. The monoisotopic (exact) mass is 282 g/mol. The van der Waals surface area contributed by atoms with Crippen LogP contribution in [0.4, 0.5) is 0 Å². The van der Waals surface area contributed by atoms with Gasteiger partial charge < -0.3 is 5.11 Å². The van der Waals surface area contributed by atoms with Crippen LogP contribution in [-0.4, -0.2) is 11.7 Å². The lowest BCUT2D eigenvalue weighted by molar-refractivity contribution is 0.264. The van der Waals surface area contributed by atoms with Crippen molar-refractivity contribution in [2.75, 3.05) is 6.61 Å². The molecule has 0 amide bonds. The molecule has 0 aliphatic carbocycles. The average Bonchev–Trinajstić information content (AvgIpc) is 2.45. The van der Waals surface area contributed by atoms with E-state index in [0.29, 0.717) is 0 Å². The van der Waals surface area contributed by atoms with E-state index in [-0.39, 0.29) is 17.9 Å². The van der Waals surface area contributed by atoms with Gasteiger partial charge in [0.1, 0.15) is 0 Å². The Balaban J connectivity index is 2.13. The third kappa shape index (κ3) is 4.18. The highest BCUT2D eigenvalue weighted by Gasteiger charge is 2.15. The second-order valence-electron chi connectivity index (χ2n) is 6.94. The van der Waals surface area contributed by atoms with E-state index in [2.05, 4.69) is 76.2 Å². The zero-order chi connectivity index (χ0) is 15.5. The summed E-state index contributed by atoms with van der Waals surface area (Å²) in [4.78, 5) is 0. The summed E-state index contributed by atoms with van der Waals surface area (Å²) in [5, 5.41) is 9.69. The Morgan fingerprint density at radius 3 is 1.95 bits per heavy atom. The van der Waals surface area contributed by atoms with Crippen molar-refractivity contribution in [2.45, 2.75) is 45.4 Å². The molecule has 0 aliphatic heterocycles. The van der Waals surface area contributed by atoms with Crippen molar-refractivity contribution in [3.63, 3.8) is 0 Å². The first kappa shape index (κ1) is 15.8. The van der Waals surface area contributed by atoms with Crippen LogP contribution in [0.15, 0.2) is 48.5 Å². The molecule has 0 fully saturated rings. The lowest BCUT2D eigenvalue weighted by Crippen LogP contribution is -2.11. The van der Waals surface area contributed by atoms with E-state index in [4.69, 9.17) is 0 Å². The van der Waals surface area contributed by atoms with Crippen LogP contribution in [0.3, 0.4) is 0 Å². The lowest BCUT2D eigenvalue weighted by atomic mass is 9.85. The van der Waals surface area contributed by atoms with Gasteiger partial charge in [0.05, 0.1) is 6.61 Å². The summed E-state index contributed by atoms with van der Waals surface area (Å²) in [7, 11) is 0. The fourth-order valence-electron chi connectivity index (χ4n) is 2.55. The van der Waals surface area contributed by atoms with Crippen molar-refractivity contribution in [3.8, 4) is 0 Å². The second kappa shape index (κ2) is 6.44. The van der Waals surface area contributed by atoms with Crippen LogP contribution in [-0.2, 0) is 11.8 Å². The van der Waals surface area contributed by atoms with E-state index in [9.17, 15) is 5.11 Å². The van der Waals surface area contributed by atoms with Crippen molar-refractivity contribution >= 4 is 0 Å². The fraction of sp³-hybridized carbons (Fsp3) is 0.400. The number of rotatable bonds is 4. The third-order valence-corrected chi connectivity index (χ3v) is 4.07. The molecule has 1 unspecified atom stereocenters. The average molecular weight is 282 g/mol. The van der Waals surface area contributed by atoms with Gasteiger partial charge in [0, 0.05) is 5.92 Å². The molecule has 0 aliphatic rings. The Morgan fingerprint density at radius 2 is 1.48 bits per heavy atom. The van der Waals surface area contributed by atoms with E-state index in [1.807, 2.05) is 0 Å². The van der Waals surface area contributed by atoms with Gasteiger partial charge in [-0.1, -0.05) is 74.9 Å². The quantitative estimate of drug-likeness (QED) is 0.868. The fourth-order valence-corrected chi connectivity index (χ4v) is 2.55. The topological polar surface area (TPSA) is 20.2 Å². The second-order valence-corrected chi connectivity index (χ2v) is 6.94. The Morgan fingerprint density at radius 1 is 0.905 bits per heavy atom. The Kier molecular flexibility index (Phi) is 4.84. The van der Waals surface area contributed by atoms with Crippen LogP contribution in [0.25, 0.3) is 0 Å². The van der Waals surface area contributed by atoms with Crippen LogP contribution in [0.2, 0.25) is 0 Å². The van der Waals surface area contributed by atoms with E-state index in [0.717, 1.165) is 6.42 Å². The summed E-state index contributed by atoms with van der Waals surface area (Å²) >= 11 is 0. The van der Waals surface area contributed by atoms with Gasteiger partial charge in [-0.15, -0.1) is 0 Å². The van der Waals surface area contributed by atoms with Gasteiger partial charge in [0.25, 0.3) is 0 Å². The van der Waals surface area contributed by atoms with Crippen LogP contribution in [0, 0.1) is 6.92 Å². The molecule has 0 bridgehead atoms. The van der Waals surface area contributed by atoms with Crippen LogP contribution >= 0.6 is 0 Å². The highest BCUT2D eigenvalue weighted by molar-refractivity contribution is 5.30. The Hall–Kier alpha value is -1.60. The molecule has 2 aromatic rings. The normalized spacial score (nSPS) is 13.2. The summed E-state index contributed by atoms with van der Waals surface area (Å²) in [5.74, 6) is 0.172. The summed E-state index contributed by atoms with van der Waals surface area (Å²) in [6.45, 7) is 8.95. The zero-order valence-electron chi connectivity index (χ0n) is 13.6. The van der Waals surface area contributed by atoms with Gasteiger partial charge in [-0.3, -0.25) is 0 Å². The standard InChI is InChI=1S/C20H26O/c1-15-5-9-17(10-6-15)18(14-21)13-16-7-11-19(12-8-16)20(2,3)4/h5-12,18,21H,13-14H2,1-4H3. The van der Waals surface area contributed by atoms with E-state index in [1.54, 1.807) is 0 Å². The maximum atomic E-state index is 9.69. The number of aliphatic hydroxyl groups excluding tert-OH is 1. The minimum atomic E-state index is 0.172. The van der Waals surface area contributed by atoms with Gasteiger partial charge in [0.15, 0.2) is 0 Å². The summed E-state index contributed by atoms with van der Waals surface area (Å²) < 4.78 is 0. The van der Waals surface area contributed by atoms with Crippen LogP contribution in [0.1, 0.15) is 48.9 Å². The SMILES string of the molecule is Cc1ccc(C(CO)Cc2ccc(C(C)(C)C)cc2)cc1. The highest BCUT2D eigenvalue weighted by Crippen LogP contribution is 2.25. The highest BCUT2D eigenvalue weighted by atomic mass is 16.3. The van der Waals surface area contributed by atoms with Crippen molar-refractivity contribution in [2.24, 2.45) is 0 Å². The van der Waals surface area contributed by atoms with Gasteiger partial charge in [0.2, 0.25) is 0 Å². The first-order valence-electron chi connectivity index (χ1n) is 7.67. The lowest BCUT2D eigenvalue weighted by Gasteiger charge is -2.20. The minimum Gasteiger partial charge on any atom is -0.396 e. The summed E-state index contributed by atoms with van der Waals surface area (Å²) in [6.07, 6.45) is 0.879. The van der Waals surface area contributed by atoms with Crippen molar-refractivity contribution in [1.29, 1.82) is 0 Å². The molecule has 21 heavy (non-hydrogen) atoms. The number of hydrogen-bond acceptors (Lipinski definition) is 1. The first-order chi connectivity index (χ1) is 9.90. The zero-order valence-corrected chi connectivity index (χ0v) is 13.6. The maximum Gasteiger partial charge on any atom is 0.0502 e. The largest absolute Gasteiger partial charge is 0.396 e. The number of aryl methyl sites for hydroxylation is 1. The third-order valence-electron chi connectivity index (χ3n) is 4.07. The molecule has 2 aromatic carbocycles. The summed E-state index contributed by atoms with van der Waals surface area (Å²) in [6, 6.07) is 17.3. The van der Waals surface area contributed by atoms with Gasteiger partial charge in [-0.2, -0.15) is 0 Å². The van der Waals surface area contributed by atoms with E-state index in [1.165, 1.54) is 22.3 Å². The van der Waals surface area contributed by atoms with Crippen LogP contribution in [0.5, 0.6) is 0 Å². The molecule has 0 heterocycles. The van der Waals surface area contributed by atoms with Crippen molar-refractivity contribution in [3.05, 3.63) is 70.8 Å². The number of hydrogen-bond donors (Lipinski definition) is 1. The maximum absolute atomic E-state index is 9.69.